The molecule has 1 aromatic rings. The Labute approximate surface area is 124 Å². The van der Waals surface area contributed by atoms with E-state index >= 15 is 0 Å². The van der Waals surface area contributed by atoms with Gasteiger partial charge in [0.2, 0.25) is 0 Å². The van der Waals surface area contributed by atoms with E-state index in [1.54, 1.807) is 6.92 Å². The van der Waals surface area contributed by atoms with Gasteiger partial charge in [-0.1, -0.05) is 26.2 Å². The van der Waals surface area contributed by atoms with Crippen molar-refractivity contribution in [3.8, 4) is 0 Å². The van der Waals surface area contributed by atoms with E-state index < -0.39 is 5.97 Å². The van der Waals surface area contributed by atoms with Crippen molar-refractivity contribution in [3.05, 3.63) is 29.1 Å². The number of carbonyl (C=O) groups is 2. The van der Waals surface area contributed by atoms with E-state index in [1.165, 1.54) is 18.6 Å². The zero-order valence-electron chi connectivity index (χ0n) is 12.6. The average Bonchev–Trinajstić information content (AvgIpc) is 2.47. The molecule has 2 atom stereocenters. The Morgan fingerprint density at radius 1 is 1.33 bits per heavy atom. The van der Waals surface area contributed by atoms with Crippen molar-refractivity contribution in [1.29, 1.82) is 0 Å². The molecule has 2 N–H and O–H groups in total. The number of nitrogens with one attached hydrogen (secondary N) is 1. The highest BCUT2D eigenvalue weighted by molar-refractivity contribution is 5.94. The fraction of sp³-hybridized carbons (Fsp3) is 0.562. The lowest BCUT2D eigenvalue weighted by molar-refractivity contribution is 0.0694. The molecule has 1 fully saturated rings. The molecule has 21 heavy (non-hydrogen) atoms. The summed E-state index contributed by atoms with van der Waals surface area (Å²) in [5.74, 6) is -0.701. The average molecular weight is 290 g/mol. The van der Waals surface area contributed by atoms with Gasteiger partial charge in [-0.15, -0.1) is 0 Å². The van der Waals surface area contributed by atoms with Crippen molar-refractivity contribution in [2.24, 2.45) is 5.92 Å². The Bertz CT molecular complexity index is 542. The summed E-state index contributed by atoms with van der Waals surface area (Å²) in [6, 6.07) is 3.13. The van der Waals surface area contributed by atoms with E-state index in [0.717, 1.165) is 25.7 Å². The normalized spacial score (nSPS) is 21.8. The summed E-state index contributed by atoms with van der Waals surface area (Å²) in [7, 11) is 0. The standard InChI is InChI=1S/C16H22N2O3/c1-3-11-6-4-5-7-13(11)18-15(19)14-9-8-12(16(20)21)10(2)17-14/h8-9,11,13H,3-7H2,1-2H3,(H,18,19)(H,20,21). The highest BCUT2D eigenvalue weighted by Gasteiger charge is 2.25. The SMILES string of the molecule is CCC1CCCCC1NC(=O)c1ccc(C(=O)O)c(C)n1. The molecule has 1 aliphatic carbocycles. The summed E-state index contributed by atoms with van der Waals surface area (Å²) in [6.07, 6.45) is 5.61. The maximum absolute atomic E-state index is 12.3. The van der Waals surface area contributed by atoms with Gasteiger partial charge in [-0.05, 0) is 37.8 Å². The lowest BCUT2D eigenvalue weighted by atomic mass is 9.83. The molecule has 114 valence electrons. The Kier molecular flexibility index (Phi) is 4.94. The molecule has 1 aliphatic rings. The van der Waals surface area contributed by atoms with Crippen LogP contribution in [0.5, 0.6) is 0 Å². The molecule has 2 rings (SSSR count). The minimum atomic E-state index is -1.02. The number of carboxylic acids is 1. The number of hydrogen-bond donors (Lipinski definition) is 2. The summed E-state index contributed by atoms with van der Waals surface area (Å²) in [4.78, 5) is 27.4. The molecule has 0 aliphatic heterocycles. The fourth-order valence-corrected chi connectivity index (χ4v) is 3.04. The van der Waals surface area contributed by atoms with Crippen molar-refractivity contribution in [2.75, 3.05) is 0 Å². The Morgan fingerprint density at radius 2 is 2.05 bits per heavy atom. The number of pyridine rings is 1. The summed E-state index contributed by atoms with van der Waals surface area (Å²) in [5, 5.41) is 12.0. The molecule has 0 bridgehead atoms. The predicted octanol–water partition coefficient (Wildman–Crippen LogP) is 2.79. The van der Waals surface area contributed by atoms with Crippen LogP contribution in [-0.4, -0.2) is 28.0 Å². The monoisotopic (exact) mass is 290 g/mol. The van der Waals surface area contributed by atoms with Gasteiger partial charge in [0.25, 0.3) is 5.91 Å². The van der Waals surface area contributed by atoms with Crippen LogP contribution in [0.15, 0.2) is 12.1 Å². The zero-order valence-corrected chi connectivity index (χ0v) is 12.6. The van der Waals surface area contributed by atoms with Gasteiger partial charge in [0.15, 0.2) is 0 Å². The molecule has 2 unspecified atom stereocenters. The van der Waals surface area contributed by atoms with Gasteiger partial charge in [-0.2, -0.15) is 0 Å². The Balaban J connectivity index is 2.09. The maximum Gasteiger partial charge on any atom is 0.337 e. The van der Waals surface area contributed by atoms with Crippen molar-refractivity contribution in [3.63, 3.8) is 0 Å². The molecule has 0 spiro atoms. The van der Waals surface area contributed by atoms with Crippen molar-refractivity contribution >= 4 is 11.9 Å². The highest BCUT2D eigenvalue weighted by atomic mass is 16.4. The first-order chi connectivity index (χ1) is 10.0. The lowest BCUT2D eigenvalue weighted by Crippen LogP contribution is -2.42. The van der Waals surface area contributed by atoms with Crippen LogP contribution in [0, 0.1) is 12.8 Å². The van der Waals surface area contributed by atoms with Gasteiger partial charge >= 0.3 is 5.97 Å². The first kappa shape index (κ1) is 15.5. The molecule has 1 aromatic heterocycles. The van der Waals surface area contributed by atoms with Crippen LogP contribution in [0.2, 0.25) is 0 Å². The van der Waals surface area contributed by atoms with Gasteiger partial charge in [0.05, 0.1) is 11.3 Å². The van der Waals surface area contributed by atoms with Crippen LogP contribution in [0.1, 0.15) is 65.6 Å². The molecule has 5 heteroatoms. The number of nitrogens with zero attached hydrogens (tertiary/aromatic N) is 1. The highest BCUT2D eigenvalue weighted by Crippen LogP contribution is 2.27. The van der Waals surface area contributed by atoms with Crippen LogP contribution in [0.4, 0.5) is 0 Å². The molecular formula is C16H22N2O3. The van der Waals surface area contributed by atoms with Gasteiger partial charge in [-0.25, -0.2) is 9.78 Å². The van der Waals surface area contributed by atoms with E-state index in [9.17, 15) is 9.59 Å². The number of carboxylic acid groups (broad SMARTS) is 1. The van der Waals surface area contributed by atoms with Gasteiger partial charge < -0.3 is 10.4 Å². The van der Waals surface area contributed by atoms with E-state index in [1.807, 2.05) is 0 Å². The minimum Gasteiger partial charge on any atom is -0.478 e. The number of carbonyl (C=O) groups excluding carboxylic acids is 1. The van der Waals surface area contributed by atoms with Gasteiger partial charge in [-0.3, -0.25) is 4.79 Å². The van der Waals surface area contributed by atoms with Gasteiger partial charge in [0, 0.05) is 6.04 Å². The molecule has 0 aromatic carbocycles. The molecule has 5 nitrogen and oxygen atoms in total. The first-order valence-electron chi connectivity index (χ1n) is 7.54. The first-order valence-corrected chi connectivity index (χ1v) is 7.54. The number of rotatable bonds is 4. The topological polar surface area (TPSA) is 79.3 Å². The van der Waals surface area contributed by atoms with Crippen LogP contribution in [-0.2, 0) is 0 Å². The third-order valence-corrected chi connectivity index (χ3v) is 4.30. The van der Waals surface area contributed by atoms with E-state index in [2.05, 4.69) is 17.2 Å². The van der Waals surface area contributed by atoms with Crippen molar-refractivity contribution in [2.45, 2.75) is 52.0 Å². The van der Waals surface area contributed by atoms with Crippen LogP contribution in [0.25, 0.3) is 0 Å². The summed E-state index contributed by atoms with van der Waals surface area (Å²) >= 11 is 0. The van der Waals surface area contributed by atoms with E-state index in [4.69, 9.17) is 5.11 Å². The lowest BCUT2D eigenvalue weighted by Gasteiger charge is -2.31. The Morgan fingerprint density at radius 3 is 2.67 bits per heavy atom. The smallest absolute Gasteiger partial charge is 0.337 e. The predicted molar refractivity (Wildman–Crippen MR) is 79.4 cm³/mol. The second-order valence-corrected chi connectivity index (χ2v) is 5.67. The summed E-state index contributed by atoms with van der Waals surface area (Å²) in [6.45, 7) is 3.76. The quantitative estimate of drug-likeness (QED) is 0.893. The molecule has 0 saturated heterocycles. The third kappa shape index (κ3) is 3.60. The Hall–Kier alpha value is -1.91. The molecular weight excluding hydrogens is 268 g/mol. The van der Waals surface area contributed by atoms with Crippen LogP contribution < -0.4 is 5.32 Å². The zero-order chi connectivity index (χ0) is 15.4. The third-order valence-electron chi connectivity index (χ3n) is 4.30. The molecule has 1 amide bonds. The van der Waals surface area contributed by atoms with Crippen LogP contribution in [0.3, 0.4) is 0 Å². The molecule has 1 heterocycles. The largest absolute Gasteiger partial charge is 0.478 e. The number of aromatic nitrogens is 1. The summed E-state index contributed by atoms with van der Waals surface area (Å²) < 4.78 is 0. The van der Waals surface area contributed by atoms with E-state index in [0.29, 0.717) is 11.6 Å². The van der Waals surface area contributed by atoms with Gasteiger partial charge in [0.1, 0.15) is 5.69 Å². The van der Waals surface area contributed by atoms with E-state index in [-0.39, 0.29) is 23.2 Å². The number of hydrogen-bond acceptors (Lipinski definition) is 3. The van der Waals surface area contributed by atoms with Crippen molar-refractivity contribution in [1.82, 2.24) is 10.3 Å². The number of aromatic carboxylic acids is 1. The van der Waals surface area contributed by atoms with Crippen LogP contribution >= 0.6 is 0 Å². The number of amides is 1. The second kappa shape index (κ2) is 6.70. The minimum absolute atomic E-state index is 0.135. The maximum atomic E-state index is 12.3. The second-order valence-electron chi connectivity index (χ2n) is 5.67. The van der Waals surface area contributed by atoms with Crippen molar-refractivity contribution < 1.29 is 14.7 Å². The number of aryl methyl sites for hydroxylation is 1. The molecule has 1 saturated carbocycles. The fourth-order valence-electron chi connectivity index (χ4n) is 3.04. The summed E-state index contributed by atoms with van der Waals surface area (Å²) in [5.41, 5.74) is 0.791. The molecule has 0 radical (unpaired) electrons.